The second kappa shape index (κ2) is 5.71. The first kappa shape index (κ1) is 13.4. The number of rotatable bonds is 5. The van der Waals surface area contributed by atoms with Gasteiger partial charge in [0.25, 0.3) is 5.91 Å². The minimum absolute atomic E-state index is 0.0351. The smallest absolute Gasteiger partial charge is 0.257 e. The lowest BCUT2D eigenvalue weighted by Gasteiger charge is -2.37. The van der Waals surface area contributed by atoms with Crippen LogP contribution in [0.2, 0.25) is 0 Å². The predicted octanol–water partition coefficient (Wildman–Crippen LogP) is 1.98. The monoisotopic (exact) mass is 313 g/mol. The van der Waals surface area contributed by atoms with Crippen molar-refractivity contribution in [2.45, 2.75) is 6.92 Å². The predicted molar refractivity (Wildman–Crippen MR) is 71.6 cm³/mol. The van der Waals surface area contributed by atoms with Gasteiger partial charge >= 0.3 is 0 Å². The van der Waals surface area contributed by atoms with Crippen molar-refractivity contribution in [2.75, 3.05) is 26.4 Å². The molecule has 0 saturated carbocycles. The lowest BCUT2D eigenvalue weighted by atomic mass is 9.89. The fourth-order valence-corrected chi connectivity index (χ4v) is 2.00. The number of amides is 1. The summed E-state index contributed by atoms with van der Waals surface area (Å²) in [5.41, 5.74) is 0.0887. The maximum absolute atomic E-state index is 11.6. The number of nitrogens with one attached hydrogen (secondary N) is 1. The molecular formula is C13H16BrNO3. The molecule has 0 aliphatic carbocycles. The molecule has 1 heterocycles. The van der Waals surface area contributed by atoms with Crippen molar-refractivity contribution >= 4 is 21.8 Å². The van der Waals surface area contributed by atoms with Gasteiger partial charge in [0.1, 0.15) is 5.75 Å². The number of hydrogen-bond donors (Lipinski definition) is 1. The Morgan fingerprint density at radius 1 is 1.56 bits per heavy atom. The molecule has 5 heteroatoms. The average molecular weight is 314 g/mol. The van der Waals surface area contributed by atoms with Crippen LogP contribution in [0.3, 0.4) is 0 Å². The number of carbonyl (C=O) groups is 1. The summed E-state index contributed by atoms with van der Waals surface area (Å²) >= 11 is 3.35. The lowest BCUT2D eigenvalue weighted by Crippen LogP contribution is -2.49. The van der Waals surface area contributed by atoms with Crippen LogP contribution in [-0.2, 0) is 9.53 Å². The van der Waals surface area contributed by atoms with Crippen molar-refractivity contribution in [3.8, 4) is 5.75 Å². The van der Waals surface area contributed by atoms with Gasteiger partial charge in [-0.05, 0) is 18.2 Å². The second-order valence-corrected chi connectivity index (χ2v) is 5.74. The quantitative estimate of drug-likeness (QED) is 0.904. The van der Waals surface area contributed by atoms with Gasteiger partial charge in [-0.15, -0.1) is 0 Å². The summed E-state index contributed by atoms with van der Waals surface area (Å²) in [6.45, 7) is 4.17. The number of halogens is 1. The molecule has 18 heavy (non-hydrogen) atoms. The molecule has 0 aromatic heterocycles. The zero-order chi connectivity index (χ0) is 13.0. The SMILES string of the molecule is CC1(CNC(=O)COc2cccc(Br)c2)COC1. The largest absolute Gasteiger partial charge is 0.484 e. The van der Waals surface area contributed by atoms with E-state index in [-0.39, 0.29) is 17.9 Å². The van der Waals surface area contributed by atoms with E-state index in [0.717, 1.165) is 4.47 Å². The van der Waals surface area contributed by atoms with E-state index in [2.05, 4.69) is 28.2 Å². The molecule has 0 spiro atoms. The third-order valence-corrected chi connectivity index (χ3v) is 3.27. The summed E-state index contributed by atoms with van der Waals surface area (Å²) in [6, 6.07) is 7.42. The van der Waals surface area contributed by atoms with Crippen molar-refractivity contribution in [2.24, 2.45) is 5.41 Å². The van der Waals surface area contributed by atoms with E-state index in [9.17, 15) is 4.79 Å². The van der Waals surface area contributed by atoms with Crippen molar-refractivity contribution in [3.05, 3.63) is 28.7 Å². The highest BCUT2D eigenvalue weighted by Gasteiger charge is 2.33. The number of ether oxygens (including phenoxy) is 2. The highest BCUT2D eigenvalue weighted by molar-refractivity contribution is 9.10. The summed E-state index contributed by atoms with van der Waals surface area (Å²) in [5, 5.41) is 2.85. The average Bonchev–Trinajstić information content (AvgIpc) is 2.31. The van der Waals surface area contributed by atoms with Gasteiger partial charge in [-0.1, -0.05) is 28.9 Å². The number of benzene rings is 1. The van der Waals surface area contributed by atoms with E-state index in [1.165, 1.54) is 0 Å². The molecule has 1 fully saturated rings. The lowest BCUT2D eigenvalue weighted by molar-refractivity contribution is -0.128. The first-order valence-electron chi connectivity index (χ1n) is 5.80. The molecule has 1 aromatic rings. The minimum Gasteiger partial charge on any atom is -0.484 e. The van der Waals surface area contributed by atoms with Crippen LogP contribution >= 0.6 is 15.9 Å². The molecule has 0 bridgehead atoms. The van der Waals surface area contributed by atoms with Crippen LogP contribution in [0.1, 0.15) is 6.92 Å². The van der Waals surface area contributed by atoms with E-state index in [1.807, 2.05) is 24.3 Å². The standard InChI is InChI=1S/C13H16BrNO3/c1-13(8-17-9-13)7-15-12(16)6-18-11-4-2-3-10(14)5-11/h2-5H,6-9H2,1H3,(H,15,16). The molecule has 1 aliphatic rings. The molecular weight excluding hydrogens is 298 g/mol. The summed E-state index contributed by atoms with van der Waals surface area (Å²) in [7, 11) is 0. The molecule has 98 valence electrons. The maximum Gasteiger partial charge on any atom is 0.257 e. The summed E-state index contributed by atoms with van der Waals surface area (Å²) in [4.78, 5) is 11.6. The first-order valence-corrected chi connectivity index (χ1v) is 6.60. The van der Waals surface area contributed by atoms with Gasteiger partial charge in [0.15, 0.2) is 6.61 Å². The van der Waals surface area contributed by atoms with Crippen molar-refractivity contribution in [3.63, 3.8) is 0 Å². The normalized spacial score (nSPS) is 16.8. The van der Waals surface area contributed by atoms with E-state index in [4.69, 9.17) is 9.47 Å². The van der Waals surface area contributed by atoms with Gasteiger partial charge in [0.2, 0.25) is 0 Å². The maximum atomic E-state index is 11.6. The van der Waals surface area contributed by atoms with E-state index < -0.39 is 0 Å². The molecule has 1 aliphatic heterocycles. The summed E-state index contributed by atoms with van der Waals surface area (Å²) in [6.07, 6.45) is 0. The summed E-state index contributed by atoms with van der Waals surface area (Å²) in [5.74, 6) is 0.570. The topological polar surface area (TPSA) is 47.6 Å². The molecule has 1 saturated heterocycles. The highest BCUT2D eigenvalue weighted by atomic mass is 79.9. The third-order valence-electron chi connectivity index (χ3n) is 2.78. The van der Waals surface area contributed by atoms with Crippen LogP contribution in [0, 0.1) is 5.41 Å². The van der Waals surface area contributed by atoms with Crippen molar-refractivity contribution < 1.29 is 14.3 Å². The molecule has 1 N–H and O–H groups in total. The van der Waals surface area contributed by atoms with Gasteiger partial charge in [-0.25, -0.2) is 0 Å². The fraction of sp³-hybridized carbons (Fsp3) is 0.462. The van der Waals surface area contributed by atoms with Crippen LogP contribution in [-0.4, -0.2) is 32.3 Å². The molecule has 0 atom stereocenters. The molecule has 0 unspecified atom stereocenters. The van der Waals surface area contributed by atoms with Crippen LogP contribution < -0.4 is 10.1 Å². The van der Waals surface area contributed by atoms with Gasteiger partial charge in [-0.2, -0.15) is 0 Å². The van der Waals surface area contributed by atoms with Crippen molar-refractivity contribution in [1.82, 2.24) is 5.32 Å². The van der Waals surface area contributed by atoms with Gasteiger partial charge in [0, 0.05) is 16.4 Å². The molecule has 0 radical (unpaired) electrons. The Balaban J connectivity index is 1.71. The first-order chi connectivity index (χ1) is 8.57. The Morgan fingerprint density at radius 3 is 2.94 bits per heavy atom. The molecule has 2 rings (SSSR count). The zero-order valence-corrected chi connectivity index (χ0v) is 11.8. The molecule has 4 nitrogen and oxygen atoms in total. The molecule has 1 aromatic carbocycles. The Bertz CT molecular complexity index is 432. The van der Waals surface area contributed by atoms with E-state index in [0.29, 0.717) is 25.5 Å². The van der Waals surface area contributed by atoms with Crippen LogP contribution in [0.25, 0.3) is 0 Å². The van der Waals surface area contributed by atoms with Gasteiger partial charge in [-0.3, -0.25) is 4.79 Å². The zero-order valence-electron chi connectivity index (χ0n) is 10.2. The van der Waals surface area contributed by atoms with Crippen LogP contribution in [0.5, 0.6) is 5.75 Å². The Kier molecular flexibility index (Phi) is 4.24. The van der Waals surface area contributed by atoms with Crippen LogP contribution in [0.15, 0.2) is 28.7 Å². The Hall–Kier alpha value is -1.07. The van der Waals surface area contributed by atoms with Crippen LogP contribution in [0.4, 0.5) is 0 Å². The van der Waals surface area contributed by atoms with Crippen molar-refractivity contribution in [1.29, 1.82) is 0 Å². The fourth-order valence-electron chi connectivity index (χ4n) is 1.62. The molecule has 1 amide bonds. The van der Waals surface area contributed by atoms with Gasteiger partial charge in [0.05, 0.1) is 13.2 Å². The summed E-state index contributed by atoms with van der Waals surface area (Å²) < 4.78 is 11.4. The van der Waals surface area contributed by atoms with Gasteiger partial charge < -0.3 is 14.8 Å². The highest BCUT2D eigenvalue weighted by Crippen LogP contribution is 2.25. The van der Waals surface area contributed by atoms with E-state index >= 15 is 0 Å². The van der Waals surface area contributed by atoms with E-state index in [1.54, 1.807) is 0 Å². The Labute approximate surface area is 115 Å². The third kappa shape index (κ3) is 3.71. The number of hydrogen-bond acceptors (Lipinski definition) is 3. The Morgan fingerprint density at radius 2 is 2.33 bits per heavy atom. The number of carbonyl (C=O) groups excluding carboxylic acids is 1. The second-order valence-electron chi connectivity index (χ2n) is 4.83. The minimum atomic E-state index is -0.108.